The lowest BCUT2D eigenvalue weighted by Gasteiger charge is -2.24. The number of hydrogen-bond acceptors (Lipinski definition) is 1. The minimum atomic E-state index is 0.432. The van der Waals surface area contributed by atoms with Gasteiger partial charge in [0, 0.05) is 25.7 Å². The second-order valence-corrected chi connectivity index (χ2v) is 6.77. The average molecular weight is 230 g/mol. The molecule has 0 bridgehead atoms. The van der Waals surface area contributed by atoms with Crippen LogP contribution >= 0.6 is 0 Å². The second-order valence-electron chi connectivity index (χ2n) is 6.77. The van der Waals surface area contributed by atoms with Crippen molar-refractivity contribution >= 4 is 5.78 Å². The largest absolute Gasteiger partial charge is 0.331 e. The van der Waals surface area contributed by atoms with Gasteiger partial charge in [0.1, 0.15) is 5.78 Å². The molecule has 3 heteroatoms. The van der Waals surface area contributed by atoms with Gasteiger partial charge in [-0.05, 0) is 0 Å². The van der Waals surface area contributed by atoms with E-state index in [-0.39, 0.29) is 0 Å². The quantitative estimate of drug-likeness (QED) is 0.578. The fourth-order valence-corrected chi connectivity index (χ4v) is 1.63. The van der Waals surface area contributed by atoms with Crippen molar-refractivity contribution in [3.63, 3.8) is 0 Å². The van der Waals surface area contributed by atoms with Crippen LogP contribution < -0.4 is 0 Å². The van der Waals surface area contributed by atoms with E-state index in [9.17, 15) is 4.79 Å². The Morgan fingerprint density at radius 3 is 1.31 bits per heavy atom. The molecule has 0 rings (SSSR count). The Morgan fingerprint density at radius 1 is 0.750 bits per heavy atom. The summed E-state index contributed by atoms with van der Waals surface area (Å²) in [5.41, 5.74) is 0. The van der Waals surface area contributed by atoms with E-state index in [2.05, 4.69) is 42.3 Å². The van der Waals surface area contributed by atoms with Crippen LogP contribution in [0.25, 0.3) is 0 Å². The van der Waals surface area contributed by atoms with E-state index in [1.54, 1.807) is 0 Å². The minimum Gasteiger partial charge on any atom is -0.331 e. The van der Waals surface area contributed by atoms with Gasteiger partial charge in [-0.1, -0.05) is 0 Å². The highest BCUT2D eigenvalue weighted by Gasteiger charge is 2.11. The molecule has 0 aromatic rings. The SMILES string of the molecule is C[N+](C)(C)CCCC(=O)CCC[N+](C)(C)C. The van der Waals surface area contributed by atoms with Crippen LogP contribution in [0.2, 0.25) is 0 Å². The Bertz CT molecular complexity index is 189. The van der Waals surface area contributed by atoms with Gasteiger partial charge in [-0.2, -0.15) is 0 Å². The summed E-state index contributed by atoms with van der Waals surface area (Å²) >= 11 is 0. The zero-order valence-corrected chi connectivity index (χ0v) is 12.0. The van der Waals surface area contributed by atoms with E-state index in [0.29, 0.717) is 5.78 Å². The van der Waals surface area contributed by atoms with E-state index in [1.165, 1.54) is 0 Å². The van der Waals surface area contributed by atoms with E-state index in [4.69, 9.17) is 0 Å². The first kappa shape index (κ1) is 15.6. The van der Waals surface area contributed by atoms with E-state index in [1.807, 2.05) is 0 Å². The second kappa shape index (κ2) is 6.36. The number of hydrogen-bond donors (Lipinski definition) is 0. The van der Waals surface area contributed by atoms with Gasteiger partial charge in [0.25, 0.3) is 0 Å². The Hall–Kier alpha value is -0.410. The van der Waals surface area contributed by atoms with Crippen molar-refractivity contribution in [2.75, 3.05) is 55.4 Å². The Labute approximate surface area is 101 Å². The third-order valence-electron chi connectivity index (χ3n) is 2.57. The Morgan fingerprint density at radius 2 is 1.06 bits per heavy atom. The molecule has 0 aromatic carbocycles. The van der Waals surface area contributed by atoms with Crippen molar-refractivity contribution in [3.05, 3.63) is 0 Å². The summed E-state index contributed by atoms with van der Waals surface area (Å²) in [5.74, 6) is 0.432. The van der Waals surface area contributed by atoms with Crippen LogP contribution in [0.15, 0.2) is 0 Å². The molecule has 0 aliphatic heterocycles. The van der Waals surface area contributed by atoms with Crippen LogP contribution in [0.5, 0.6) is 0 Å². The van der Waals surface area contributed by atoms with Gasteiger partial charge in [0.15, 0.2) is 0 Å². The zero-order chi connectivity index (χ0) is 12.8. The van der Waals surface area contributed by atoms with Crippen LogP contribution in [0.1, 0.15) is 25.7 Å². The molecule has 3 nitrogen and oxygen atoms in total. The van der Waals surface area contributed by atoms with Crippen LogP contribution in [0.3, 0.4) is 0 Å². The van der Waals surface area contributed by atoms with Crippen molar-refractivity contribution in [1.29, 1.82) is 0 Å². The summed E-state index contributed by atoms with van der Waals surface area (Å²) in [4.78, 5) is 11.6. The van der Waals surface area contributed by atoms with Crippen LogP contribution in [0.4, 0.5) is 0 Å². The first-order valence-corrected chi connectivity index (χ1v) is 6.23. The van der Waals surface area contributed by atoms with Crippen molar-refractivity contribution in [2.45, 2.75) is 25.7 Å². The van der Waals surface area contributed by atoms with Crippen LogP contribution in [-0.2, 0) is 4.79 Å². The Kier molecular flexibility index (Phi) is 6.19. The molecule has 0 amide bonds. The predicted molar refractivity (Wildman–Crippen MR) is 69.3 cm³/mol. The summed E-state index contributed by atoms with van der Waals surface area (Å²) in [6, 6.07) is 0. The van der Waals surface area contributed by atoms with Crippen molar-refractivity contribution in [3.8, 4) is 0 Å². The highest BCUT2D eigenvalue weighted by molar-refractivity contribution is 5.78. The maximum absolute atomic E-state index is 11.6. The molecule has 0 atom stereocenters. The van der Waals surface area contributed by atoms with E-state index < -0.39 is 0 Å². The maximum Gasteiger partial charge on any atom is 0.133 e. The lowest BCUT2D eigenvalue weighted by molar-refractivity contribution is -0.870. The number of quaternary nitrogens is 2. The zero-order valence-electron chi connectivity index (χ0n) is 12.0. The number of carbonyl (C=O) groups is 1. The molecule has 0 aliphatic carbocycles. The third kappa shape index (κ3) is 11.7. The molecule has 0 saturated carbocycles. The molecule has 0 fully saturated rings. The summed E-state index contributed by atoms with van der Waals surface area (Å²) < 4.78 is 1.90. The molecule has 0 aromatic heterocycles. The lowest BCUT2D eigenvalue weighted by Crippen LogP contribution is -2.36. The lowest BCUT2D eigenvalue weighted by atomic mass is 10.1. The summed E-state index contributed by atoms with van der Waals surface area (Å²) in [5, 5.41) is 0. The van der Waals surface area contributed by atoms with E-state index >= 15 is 0 Å². The first-order chi connectivity index (χ1) is 7.10. The number of nitrogens with zero attached hydrogens (tertiary/aromatic N) is 2. The van der Waals surface area contributed by atoms with Gasteiger partial charge in [0.05, 0.1) is 55.4 Å². The number of rotatable bonds is 8. The molecular formula is C13H30N2O+2. The van der Waals surface area contributed by atoms with E-state index in [0.717, 1.165) is 47.7 Å². The third-order valence-corrected chi connectivity index (χ3v) is 2.57. The molecule has 0 aliphatic rings. The van der Waals surface area contributed by atoms with Gasteiger partial charge in [-0.15, -0.1) is 0 Å². The molecule has 16 heavy (non-hydrogen) atoms. The highest BCUT2D eigenvalue weighted by Crippen LogP contribution is 2.04. The fourth-order valence-electron chi connectivity index (χ4n) is 1.63. The van der Waals surface area contributed by atoms with Crippen molar-refractivity contribution in [2.24, 2.45) is 0 Å². The van der Waals surface area contributed by atoms with Crippen molar-refractivity contribution in [1.82, 2.24) is 0 Å². The van der Waals surface area contributed by atoms with Crippen LogP contribution in [-0.4, -0.2) is 70.1 Å². The molecular weight excluding hydrogens is 200 g/mol. The van der Waals surface area contributed by atoms with Gasteiger partial charge in [-0.3, -0.25) is 4.79 Å². The minimum absolute atomic E-state index is 0.432. The predicted octanol–water partition coefficient (Wildman–Crippen LogP) is 1.53. The highest BCUT2D eigenvalue weighted by atomic mass is 16.1. The smallest absolute Gasteiger partial charge is 0.133 e. The van der Waals surface area contributed by atoms with Gasteiger partial charge < -0.3 is 8.97 Å². The van der Waals surface area contributed by atoms with Gasteiger partial charge in [-0.25, -0.2) is 0 Å². The topological polar surface area (TPSA) is 17.1 Å². The van der Waals surface area contributed by atoms with Crippen LogP contribution in [0, 0.1) is 0 Å². The monoisotopic (exact) mass is 230 g/mol. The maximum atomic E-state index is 11.6. The standard InChI is InChI=1S/C13H30N2O/c1-14(2,3)11-7-9-13(16)10-8-12-15(4,5)6/h7-12H2,1-6H3/q+2. The molecule has 0 spiro atoms. The number of Topliss-reactive ketones (excluding diaryl/α,β-unsaturated/α-hetero) is 1. The first-order valence-electron chi connectivity index (χ1n) is 6.23. The molecule has 0 N–H and O–H groups in total. The molecule has 0 unspecified atom stereocenters. The normalized spacial score (nSPS) is 12.9. The van der Waals surface area contributed by atoms with Gasteiger partial charge >= 0.3 is 0 Å². The van der Waals surface area contributed by atoms with Crippen molar-refractivity contribution < 1.29 is 13.8 Å². The average Bonchev–Trinajstić information content (AvgIpc) is 1.98. The fraction of sp³-hybridized carbons (Fsp3) is 0.923. The summed E-state index contributed by atoms with van der Waals surface area (Å²) in [7, 11) is 13.0. The number of ketones is 1. The van der Waals surface area contributed by atoms with Gasteiger partial charge in [0.2, 0.25) is 0 Å². The molecule has 0 heterocycles. The molecule has 96 valence electrons. The molecule has 0 saturated heterocycles. The summed E-state index contributed by atoms with van der Waals surface area (Å²) in [6.45, 7) is 2.17. The summed E-state index contributed by atoms with van der Waals surface area (Å²) in [6.07, 6.45) is 3.55. The number of carbonyl (C=O) groups excluding carboxylic acids is 1. The Balaban J connectivity index is 3.53. The molecule has 0 radical (unpaired) electrons.